The first-order valence-corrected chi connectivity index (χ1v) is 11.9. The number of aryl methyl sites for hydroxylation is 1. The van der Waals surface area contributed by atoms with E-state index in [0.29, 0.717) is 42.6 Å². The second kappa shape index (κ2) is 9.49. The fourth-order valence-corrected chi connectivity index (χ4v) is 5.55. The first-order valence-electron chi connectivity index (χ1n) is 9.19. The van der Waals surface area contributed by atoms with Crippen LogP contribution in [-0.4, -0.2) is 50.2 Å². The number of carbonyl (C=O) groups excluding carboxylic acids is 1. The summed E-state index contributed by atoms with van der Waals surface area (Å²) >= 11 is 7.29. The molecule has 29 heavy (non-hydrogen) atoms. The Morgan fingerprint density at radius 3 is 2.48 bits per heavy atom. The van der Waals surface area contributed by atoms with Crippen molar-refractivity contribution in [3.63, 3.8) is 0 Å². The Kier molecular flexibility index (Phi) is 7.23. The summed E-state index contributed by atoms with van der Waals surface area (Å²) in [6.07, 6.45) is 0. The third-order valence-electron chi connectivity index (χ3n) is 4.54. The molecule has 1 amide bonds. The van der Waals surface area contributed by atoms with E-state index in [1.165, 1.54) is 22.1 Å². The number of amides is 1. The number of sulfonamides is 1. The van der Waals surface area contributed by atoms with Crippen LogP contribution in [0.4, 0.5) is 5.69 Å². The van der Waals surface area contributed by atoms with E-state index >= 15 is 0 Å². The quantitative estimate of drug-likeness (QED) is 0.672. The molecule has 156 valence electrons. The topological polar surface area (TPSA) is 75.7 Å². The largest absolute Gasteiger partial charge is 0.379 e. The van der Waals surface area contributed by atoms with Gasteiger partial charge in [-0.25, -0.2) is 8.42 Å². The van der Waals surface area contributed by atoms with Crippen LogP contribution in [0, 0.1) is 6.92 Å². The van der Waals surface area contributed by atoms with Crippen LogP contribution in [0.3, 0.4) is 0 Å². The molecular weight excluding hydrogens is 432 g/mol. The SMILES string of the molecule is Cc1ccc(NC(=O)C(C)Sc2ccc(Cl)cc2)cc1S(=O)(=O)N1CCOCC1. The summed E-state index contributed by atoms with van der Waals surface area (Å²) in [5.74, 6) is -0.205. The van der Waals surface area contributed by atoms with Crippen molar-refractivity contribution in [3.05, 3.63) is 53.1 Å². The van der Waals surface area contributed by atoms with E-state index in [1.807, 2.05) is 12.1 Å². The first-order chi connectivity index (χ1) is 13.8. The van der Waals surface area contributed by atoms with Crippen molar-refractivity contribution in [2.45, 2.75) is 28.9 Å². The highest BCUT2D eigenvalue weighted by molar-refractivity contribution is 8.00. The van der Waals surface area contributed by atoms with Gasteiger partial charge in [0.1, 0.15) is 0 Å². The van der Waals surface area contributed by atoms with Gasteiger partial charge in [-0.1, -0.05) is 17.7 Å². The zero-order chi connectivity index (χ0) is 21.0. The van der Waals surface area contributed by atoms with Gasteiger partial charge in [-0.3, -0.25) is 4.79 Å². The molecule has 1 aliphatic rings. The predicted octanol–water partition coefficient (Wildman–Crippen LogP) is 3.79. The van der Waals surface area contributed by atoms with Gasteiger partial charge in [0.05, 0.1) is 23.4 Å². The Balaban J connectivity index is 1.73. The van der Waals surface area contributed by atoms with E-state index in [-0.39, 0.29) is 16.1 Å². The van der Waals surface area contributed by atoms with Gasteiger partial charge in [0.15, 0.2) is 0 Å². The van der Waals surface area contributed by atoms with E-state index in [0.717, 1.165) is 4.90 Å². The summed E-state index contributed by atoms with van der Waals surface area (Å²) in [6, 6.07) is 12.2. The van der Waals surface area contributed by atoms with Gasteiger partial charge in [-0.05, 0) is 55.8 Å². The number of nitrogens with one attached hydrogen (secondary N) is 1. The van der Waals surface area contributed by atoms with E-state index in [1.54, 1.807) is 38.1 Å². The number of nitrogens with zero attached hydrogens (tertiary/aromatic N) is 1. The van der Waals surface area contributed by atoms with Crippen molar-refractivity contribution in [2.75, 3.05) is 31.6 Å². The molecule has 2 aromatic carbocycles. The van der Waals surface area contributed by atoms with E-state index in [2.05, 4.69) is 5.32 Å². The molecule has 1 N–H and O–H groups in total. The van der Waals surface area contributed by atoms with Crippen molar-refractivity contribution in [3.8, 4) is 0 Å². The number of rotatable bonds is 6. The van der Waals surface area contributed by atoms with Crippen LogP contribution in [0.2, 0.25) is 5.02 Å². The van der Waals surface area contributed by atoms with Gasteiger partial charge in [-0.15, -0.1) is 11.8 Å². The molecule has 0 bridgehead atoms. The van der Waals surface area contributed by atoms with E-state index in [9.17, 15) is 13.2 Å². The number of halogens is 1. The molecule has 9 heteroatoms. The van der Waals surface area contributed by atoms with Crippen LogP contribution in [-0.2, 0) is 19.6 Å². The molecule has 2 aromatic rings. The molecular formula is C20H23ClN2O4S2. The van der Waals surface area contributed by atoms with Crippen LogP contribution in [0.15, 0.2) is 52.3 Å². The second-order valence-electron chi connectivity index (χ2n) is 6.70. The molecule has 1 atom stereocenters. The zero-order valence-electron chi connectivity index (χ0n) is 16.2. The molecule has 0 aliphatic carbocycles. The first kappa shape index (κ1) is 22.1. The highest BCUT2D eigenvalue weighted by Gasteiger charge is 2.28. The Hall–Kier alpha value is -1.58. The van der Waals surface area contributed by atoms with Gasteiger partial charge in [0.25, 0.3) is 0 Å². The van der Waals surface area contributed by atoms with E-state index < -0.39 is 10.0 Å². The molecule has 0 radical (unpaired) electrons. The Labute approximate surface area is 180 Å². The maximum Gasteiger partial charge on any atom is 0.243 e. The highest BCUT2D eigenvalue weighted by atomic mass is 35.5. The monoisotopic (exact) mass is 454 g/mol. The Bertz CT molecular complexity index is 974. The Morgan fingerprint density at radius 1 is 1.17 bits per heavy atom. The third-order valence-corrected chi connectivity index (χ3v) is 7.94. The fourth-order valence-electron chi connectivity index (χ4n) is 2.90. The van der Waals surface area contributed by atoms with Gasteiger partial charge in [0.2, 0.25) is 15.9 Å². The lowest BCUT2D eigenvalue weighted by Gasteiger charge is -2.27. The molecule has 1 unspecified atom stereocenters. The van der Waals surface area contributed by atoms with Gasteiger partial charge >= 0.3 is 0 Å². The van der Waals surface area contributed by atoms with Crippen molar-refractivity contribution in [1.82, 2.24) is 4.31 Å². The number of hydrogen-bond donors (Lipinski definition) is 1. The normalized spacial score (nSPS) is 16.4. The van der Waals surface area contributed by atoms with Crippen LogP contribution in [0.5, 0.6) is 0 Å². The average molecular weight is 455 g/mol. The van der Waals surface area contributed by atoms with Crippen LogP contribution >= 0.6 is 23.4 Å². The standard InChI is InChI=1S/C20H23ClN2O4S2/c1-14-3-6-17(13-19(14)29(25,26)23-9-11-27-12-10-23)22-20(24)15(2)28-18-7-4-16(21)5-8-18/h3-8,13,15H,9-12H2,1-2H3,(H,22,24). The number of thioether (sulfide) groups is 1. The fraction of sp³-hybridized carbons (Fsp3) is 0.350. The lowest BCUT2D eigenvalue weighted by molar-refractivity contribution is -0.115. The highest BCUT2D eigenvalue weighted by Crippen LogP contribution is 2.27. The van der Waals surface area contributed by atoms with Crippen molar-refractivity contribution >= 4 is 45.0 Å². The van der Waals surface area contributed by atoms with Crippen LogP contribution in [0.1, 0.15) is 12.5 Å². The number of ether oxygens (including phenoxy) is 1. The second-order valence-corrected chi connectivity index (χ2v) is 10.5. The number of anilines is 1. The molecule has 6 nitrogen and oxygen atoms in total. The smallest absolute Gasteiger partial charge is 0.243 e. The minimum absolute atomic E-state index is 0.204. The lowest BCUT2D eigenvalue weighted by Crippen LogP contribution is -2.40. The maximum absolute atomic E-state index is 13.0. The summed E-state index contributed by atoms with van der Waals surface area (Å²) < 4.78 is 32.6. The number of carbonyl (C=O) groups is 1. The summed E-state index contributed by atoms with van der Waals surface area (Å²) in [4.78, 5) is 13.7. The summed E-state index contributed by atoms with van der Waals surface area (Å²) in [6.45, 7) is 4.97. The van der Waals surface area contributed by atoms with Crippen LogP contribution < -0.4 is 5.32 Å². The lowest BCUT2D eigenvalue weighted by atomic mass is 10.2. The number of benzene rings is 2. The third kappa shape index (κ3) is 5.52. The Morgan fingerprint density at radius 2 is 1.83 bits per heavy atom. The van der Waals surface area contributed by atoms with Gasteiger partial charge in [0, 0.05) is 28.7 Å². The minimum Gasteiger partial charge on any atom is -0.379 e. The van der Waals surface area contributed by atoms with Crippen LogP contribution in [0.25, 0.3) is 0 Å². The van der Waals surface area contributed by atoms with E-state index in [4.69, 9.17) is 16.3 Å². The van der Waals surface area contributed by atoms with Gasteiger partial charge < -0.3 is 10.1 Å². The summed E-state index contributed by atoms with van der Waals surface area (Å²) in [5.41, 5.74) is 1.09. The maximum atomic E-state index is 13.0. The summed E-state index contributed by atoms with van der Waals surface area (Å²) in [7, 11) is -3.64. The van der Waals surface area contributed by atoms with Crippen molar-refractivity contribution in [2.24, 2.45) is 0 Å². The number of hydrogen-bond acceptors (Lipinski definition) is 5. The molecule has 1 saturated heterocycles. The molecule has 0 aromatic heterocycles. The number of morpholine rings is 1. The average Bonchev–Trinajstić information content (AvgIpc) is 2.71. The molecule has 0 saturated carbocycles. The predicted molar refractivity (Wildman–Crippen MR) is 116 cm³/mol. The molecule has 1 fully saturated rings. The zero-order valence-corrected chi connectivity index (χ0v) is 18.6. The van der Waals surface area contributed by atoms with Crippen molar-refractivity contribution in [1.29, 1.82) is 0 Å². The molecule has 1 heterocycles. The molecule has 1 aliphatic heterocycles. The van der Waals surface area contributed by atoms with Gasteiger partial charge in [-0.2, -0.15) is 4.31 Å². The summed E-state index contributed by atoms with van der Waals surface area (Å²) in [5, 5.41) is 3.10. The minimum atomic E-state index is -3.64. The molecule has 3 rings (SSSR count). The molecule has 0 spiro atoms. The van der Waals surface area contributed by atoms with Crippen molar-refractivity contribution < 1.29 is 17.9 Å².